The molecular formula is C25H29N5O2. The third kappa shape index (κ3) is 5.49. The van der Waals surface area contributed by atoms with E-state index in [4.69, 9.17) is 5.73 Å². The third-order valence-corrected chi connectivity index (χ3v) is 5.94. The van der Waals surface area contributed by atoms with Crippen molar-refractivity contribution in [1.29, 1.82) is 0 Å². The van der Waals surface area contributed by atoms with Gasteiger partial charge in [-0.3, -0.25) is 14.6 Å². The van der Waals surface area contributed by atoms with Crippen molar-refractivity contribution in [1.82, 2.24) is 15.6 Å². The molecule has 0 spiro atoms. The van der Waals surface area contributed by atoms with Crippen LogP contribution < -0.4 is 21.7 Å². The second-order valence-corrected chi connectivity index (χ2v) is 8.28. The SMILES string of the molecule is NC[C@@H]1CN[C@@H](C(=O)N[C@H](CCc2ccccc2)C(=O)Nc2ccc3ncccc3c2)C1. The summed E-state index contributed by atoms with van der Waals surface area (Å²) >= 11 is 0. The fourth-order valence-electron chi connectivity index (χ4n) is 4.07. The monoisotopic (exact) mass is 431 g/mol. The molecule has 0 bridgehead atoms. The first-order chi connectivity index (χ1) is 15.6. The number of carbonyl (C=O) groups is 2. The van der Waals surface area contributed by atoms with E-state index in [2.05, 4.69) is 20.9 Å². The molecule has 2 aromatic carbocycles. The fourth-order valence-corrected chi connectivity index (χ4v) is 4.07. The number of amides is 2. The van der Waals surface area contributed by atoms with Crippen molar-refractivity contribution >= 4 is 28.4 Å². The molecule has 0 saturated carbocycles. The van der Waals surface area contributed by atoms with Gasteiger partial charge in [0.2, 0.25) is 11.8 Å². The Labute approximate surface area is 187 Å². The Morgan fingerprint density at radius 3 is 2.75 bits per heavy atom. The quantitative estimate of drug-likeness (QED) is 0.437. The molecule has 166 valence electrons. The lowest BCUT2D eigenvalue weighted by atomic mass is 10.0. The lowest BCUT2D eigenvalue weighted by Crippen LogP contribution is -2.50. The maximum Gasteiger partial charge on any atom is 0.246 e. The zero-order chi connectivity index (χ0) is 22.3. The van der Waals surface area contributed by atoms with Crippen LogP contribution in [-0.4, -0.2) is 42.0 Å². The van der Waals surface area contributed by atoms with E-state index in [9.17, 15) is 9.59 Å². The number of aryl methyl sites for hydroxylation is 1. The molecule has 1 aliphatic heterocycles. The highest BCUT2D eigenvalue weighted by atomic mass is 16.2. The van der Waals surface area contributed by atoms with E-state index in [0.717, 1.165) is 23.0 Å². The van der Waals surface area contributed by atoms with Crippen molar-refractivity contribution in [2.75, 3.05) is 18.4 Å². The Morgan fingerprint density at radius 1 is 1.12 bits per heavy atom. The minimum absolute atomic E-state index is 0.156. The van der Waals surface area contributed by atoms with Gasteiger partial charge in [0, 0.05) is 17.3 Å². The summed E-state index contributed by atoms with van der Waals surface area (Å²) in [5.74, 6) is -0.101. The van der Waals surface area contributed by atoms with E-state index in [1.807, 2.05) is 60.7 Å². The molecule has 7 heteroatoms. The summed E-state index contributed by atoms with van der Waals surface area (Å²) in [7, 11) is 0. The van der Waals surface area contributed by atoms with Crippen molar-refractivity contribution in [2.45, 2.75) is 31.3 Å². The van der Waals surface area contributed by atoms with Gasteiger partial charge in [0.15, 0.2) is 0 Å². The molecule has 32 heavy (non-hydrogen) atoms. The van der Waals surface area contributed by atoms with Crippen LogP contribution in [0.3, 0.4) is 0 Å². The summed E-state index contributed by atoms with van der Waals surface area (Å²) in [6, 6.07) is 18.4. The maximum absolute atomic E-state index is 13.2. The predicted octanol–water partition coefficient (Wildman–Crippen LogP) is 2.23. The smallest absolute Gasteiger partial charge is 0.246 e. The molecule has 1 aliphatic rings. The standard InChI is InChI=1S/C25H29N5O2/c26-15-18-13-23(28-16-18)25(32)30-22(10-8-17-5-2-1-3-6-17)24(31)29-20-9-11-21-19(14-20)7-4-12-27-21/h1-7,9,11-12,14,18,22-23,28H,8,10,13,15-16,26H2,(H,29,31)(H,30,32)/t18-,22-,23-/m1/s1. The minimum atomic E-state index is -0.647. The molecule has 2 amide bonds. The van der Waals surface area contributed by atoms with Gasteiger partial charge in [0.1, 0.15) is 6.04 Å². The number of fused-ring (bicyclic) bond motifs is 1. The molecule has 0 aliphatic carbocycles. The van der Waals surface area contributed by atoms with Crippen LogP contribution in [-0.2, 0) is 16.0 Å². The van der Waals surface area contributed by atoms with Gasteiger partial charge < -0.3 is 21.7 Å². The number of hydrogen-bond acceptors (Lipinski definition) is 5. The lowest BCUT2D eigenvalue weighted by Gasteiger charge is -2.21. The molecule has 0 radical (unpaired) electrons. The van der Waals surface area contributed by atoms with E-state index < -0.39 is 6.04 Å². The Bertz CT molecular complexity index is 1070. The Hall–Kier alpha value is -3.29. The fraction of sp³-hybridized carbons (Fsp3) is 0.320. The molecule has 2 heterocycles. The van der Waals surface area contributed by atoms with Crippen LogP contribution in [0.1, 0.15) is 18.4 Å². The minimum Gasteiger partial charge on any atom is -0.343 e. The highest BCUT2D eigenvalue weighted by Gasteiger charge is 2.31. The van der Waals surface area contributed by atoms with E-state index in [1.54, 1.807) is 6.20 Å². The van der Waals surface area contributed by atoms with Gasteiger partial charge in [-0.2, -0.15) is 0 Å². The molecular weight excluding hydrogens is 402 g/mol. The number of benzene rings is 2. The van der Waals surface area contributed by atoms with Gasteiger partial charge in [0.25, 0.3) is 0 Å². The van der Waals surface area contributed by atoms with Crippen LogP contribution in [0.15, 0.2) is 66.9 Å². The van der Waals surface area contributed by atoms with E-state index in [0.29, 0.717) is 31.5 Å². The van der Waals surface area contributed by atoms with Crippen LogP contribution in [0.2, 0.25) is 0 Å². The number of pyridine rings is 1. The number of nitrogens with two attached hydrogens (primary N) is 1. The van der Waals surface area contributed by atoms with Crippen LogP contribution >= 0.6 is 0 Å². The summed E-state index contributed by atoms with van der Waals surface area (Å²) in [5, 5.41) is 10.1. The second-order valence-electron chi connectivity index (χ2n) is 8.28. The Morgan fingerprint density at radius 2 is 1.97 bits per heavy atom. The van der Waals surface area contributed by atoms with Crippen molar-refractivity contribution < 1.29 is 9.59 Å². The van der Waals surface area contributed by atoms with Gasteiger partial charge >= 0.3 is 0 Å². The Balaban J connectivity index is 1.46. The summed E-state index contributed by atoms with van der Waals surface area (Å²) in [4.78, 5) is 30.3. The zero-order valence-corrected chi connectivity index (χ0v) is 18.0. The first-order valence-electron chi connectivity index (χ1n) is 11.1. The van der Waals surface area contributed by atoms with Crippen molar-refractivity contribution in [3.63, 3.8) is 0 Å². The van der Waals surface area contributed by atoms with Crippen molar-refractivity contribution in [2.24, 2.45) is 11.7 Å². The predicted molar refractivity (Wildman–Crippen MR) is 126 cm³/mol. The average Bonchev–Trinajstić information content (AvgIpc) is 3.32. The van der Waals surface area contributed by atoms with E-state index in [1.165, 1.54) is 0 Å². The number of rotatable bonds is 8. The number of nitrogens with zero attached hydrogens (tertiary/aromatic N) is 1. The number of carbonyl (C=O) groups excluding carboxylic acids is 2. The zero-order valence-electron chi connectivity index (χ0n) is 18.0. The van der Waals surface area contributed by atoms with Crippen molar-refractivity contribution in [3.05, 3.63) is 72.4 Å². The largest absolute Gasteiger partial charge is 0.343 e. The normalized spacial score (nSPS) is 18.9. The second kappa shape index (κ2) is 10.3. The van der Waals surface area contributed by atoms with E-state index in [-0.39, 0.29) is 23.8 Å². The highest BCUT2D eigenvalue weighted by molar-refractivity contribution is 5.99. The first-order valence-corrected chi connectivity index (χ1v) is 11.1. The molecule has 1 fully saturated rings. The third-order valence-electron chi connectivity index (χ3n) is 5.94. The molecule has 3 atom stereocenters. The van der Waals surface area contributed by atoms with Crippen LogP contribution in [0.4, 0.5) is 5.69 Å². The molecule has 3 aromatic rings. The molecule has 5 N–H and O–H groups in total. The number of anilines is 1. The average molecular weight is 432 g/mol. The topological polar surface area (TPSA) is 109 Å². The summed E-state index contributed by atoms with van der Waals surface area (Å²) in [5.41, 5.74) is 8.41. The molecule has 7 nitrogen and oxygen atoms in total. The Kier molecular flexibility index (Phi) is 7.09. The summed E-state index contributed by atoms with van der Waals surface area (Å²) in [6.07, 6.45) is 3.61. The molecule has 4 rings (SSSR count). The van der Waals surface area contributed by atoms with Crippen LogP contribution in [0.25, 0.3) is 10.9 Å². The van der Waals surface area contributed by atoms with Crippen LogP contribution in [0.5, 0.6) is 0 Å². The van der Waals surface area contributed by atoms with Gasteiger partial charge in [-0.05, 0) is 68.1 Å². The summed E-state index contributed by atoms with van der Waals surface area (Å²) < 4.78 is 0. The number of nitrogens with one attached hydrogen (secondary N) is 3. The molecule has 1 aromatic heterocycles. The molecule has 1 saturated heterocycles. The van der Waals surface area contributed by atoms with Crippen molar-refractivity contribution in [3.8, 4) is 0 Å². The van der Waals surface area contributed by atoms with Gasteiger partial charge in [-0.15, -0.1) is 0 Å². The van der Waals surface area contributed by atoms with Gasteiger partial charge in [0.05, 0.1) is 11.6 Å². The van der Waals surface area contributed by atoms with Crippen LogP contribution in [0, 0.1) is 5.92 Å². The maximum atomic E-state index is 13.2. The highest BCUT2D eigenvalue weighted by Crippen LogP contribution is 2.18. The lowest BCUT2D eigenvalue weighted by molar-refractivity contribution is -0.127. The summed E-state index contributed by atoms with van der Waals surface area (Å²) in [6.45, 7) is 1.27. The number of hydrogen-bond donors (Lipinski definition) is 4. The van der Waals surface area contributed by atoms with Gasteiger partial charge in [-0.25, -0.2) is 0 Å². The first kappa shape index (κ1) is 21.9. The molecule has 0 unspecified atom stereocenters. The number of aromatic nitrogens is 1. The van der Waals surface area contributed by atoms with Gasteiger partial charge in [-0.1, -0.05) is 36.4 Å². The van der Waals surface area contributed by atoms with E-state index >= 15 is 0 Å².